The van der Waals surface area contributed by atoms with E-state index in [9.17, 15) is 29.1 Å². The Morgan fingerprint density at radius 2 is 1.44 bits per heavy atom. The molecular weight excluding hydrogens is 448 g/mol. The number of carbonyl (C=O) groups excluding carboxylic acids is 4. The van der Waals surface area contributed by atoms with Crippen molar-refractivity contribution in [3.63, 3.8) is 0 Å². The maximum atomic E-state index is 12.4. The Balaban J connectivity index is 5.05. The number of nitrogens with two attached hydrogens (primary N) is 4. The summed E-state index contributed by atoms with van der Waals surface area (Å²) in [6, 6.07) is -5.48. The van der Waals surface area contributed by atoms with Crippen LogP contribution in [0.4, 0.5) is 0 Å². The van der Waals surface area contributed by atoms with E-state index in [1.54, 1.807) is 0 Å². The summed E-state index contributed by atoms with van der Waals surface area (Å²) in [4.78, 5) is 62.9. The molecule has 182 valence electrons. The third kappa shape index (κ3) is 11.3. The van der Waals surface area contributed by atoms with Crippen molar-refractivity contribution in [1.29, 1.82) is 0 Å². The zero-order valence-corrected chi connectivity index (χ0v) is 18.1. The minimum Gasteiger partial charge on any atom is -0.480 e. The fraction of sp³-hybridized carbons (Fsp3) is 0.625. The molecule has 16 heteroatoms. The van der Waals surface area contributed by atoms with Crippen molar-refractivity contribution in [2.24, 2.45) is 27.9 Å². The number of primary amides is 1. The molecule has 0 heterocycles. The Labute approximate surface area is 189 Å². The number of aliphatic imine (C=N–C) groups is 1. The first kappa shape index (κ1) is 28.9. The molecule has 0 aromatic rings. The number of carboxylic acid groups (broad SMARTS) is 1. The summed E-state index contributed by atoms with van der Waals surface area (Å²) in [5.41, 5.74) is 21.2. The van der Waals surface area contributed by atoms with Crippen LogP contribution in [-0.4, -0.2) is 88.8 Å². The number of aliphatic hydroxyl groups excluding tert-OH is 1. The first-order valence-corrected chi connectivity index (χ1v) is 10.0. The first-order chi connectivity index (χ1) is 14.9. The molecule has 0 aliphatic heterocycles. The third-order valence-corrected chi connectivity index (χ3v) is 4.32. The fourth-order valence-electron chi connectivity index (χ4n) is 2.26. The number of carboxylic acids is 1. The zero-order valence-electron chi connectivity index (χ0n) is 17.2. The van der Waals surface area contributed by atoms with E-state index >= 15 is 0 Å². The molecule has 0 aromatic carbocycles. The molecule has 13 N–H and O–H groups in total. The molecule has 15 nitrogen and oxygen atoms in total. The van der Waals surface area contributed by atoms with Gasteiger partial charge in [-0.1, -0.05) is 0 Å². The molecule has 4 amide bonds. The number of carbonyl (C=O) groups is 5. The Morgan fingerprint density at radius 3 is 1.91 bits per heavy atom. The molecule has 32 heavy (non-hydrogen) atoms. The lowest BCUT2D eigenvalue weighted by Crippen LogP contribution is -2.58. The second-order valence-corrected chi connectivity index (χ2v) is 6.98. The van der Waals surface area contributed by atoms with Crippen molar-refractivity contribution < 1.29 is 34.2 Å². The van der Waals surface area contributed by atoms with E-state index < -0.39 is 66.8 Å². The number of nitrogens with one attached hydrogen (secondary N) is 3. The van der Waals surface area contributed by atoms with Crippen LogP contribution in [0.5, 0.6) is 0 Å². The van der Waals surface area contributed by atoms with Gasteiger partial charge in [-0.25, -0.2) is 4.79 Å². The molecule has 0 radical (unpaired) electrons. The highest BCUT2D eigenvalue weighted by atomic mass is 32.1. The van der Waals surface area contributed by atoms with E-state index in [1.807, 2.05) is 0 Å². The largest absolute Gasteiger partial charge is 0.480 e. The van der Waals surface area contributed by atoms with Gasteiger partial charge in [0.2, 0.25) is 23.6 Å². The second kappa shape index (κ2) is 14.8. The van der Waals surface area contributed by atoms with Crippen molar-refractivity contribution >= 4 is 48.2 Å². The normalized spacial score (nSPS) is 14.2. The number of aliphatic carboxylic acids is 1. The number of thiol groups is 1. The second-order valence-electron chi connectivity index (χ2n) is 6.61. The molecule has 0 rings (SSSR count). The molecule has 0 aliphatic rings. The molecule has 0 bridgehead atoms. The molecule has 0 fully saturated rings. The summed E-state index contributed by atoms with van der Waals surface area (Å²) in [5, 5.41) is 24.9. The number of amides is 4. The van der Waals surface area contributed by atoms with Crippen molar-refractivity contribution in [2.45, 2.75) is 43.4 Å². The van der Waals surface area contributed by atoms with Crippen LogP contribution in [0, 0.1) is 0 Å². The summed E-state index contributed by atoms with van der Waals surface area (Å²) in [6.45, 7) is -0.613. The Hall–Kier alpha value is -3.11. The van der Waals surface area contributed by atoms with Gasteiger partial charge in [-0.3, -0.25) is 24.2 Å². The van der Waals surface area contributed by atoms with Crippen LogP contribution in [0.25, 0.3) is 0 Å². The van der Waals surface area contributed by atoms with E-state index in [-0.39, 0.29) is 24.7 Å². The van der Waals surface area contributed by atoms with Crippen LogP contribution in [0.15, 0.2) is 4.99 Å². The first-order valence-electron chi connectivity index (χ1n) is 9.37. The average molecular weight is 479 g/mol. The molecule has 0 saturated heterocycles. The summed E-state index contributed by atoms with van der Waals surface area (Å²) in [5.74, 6) is -5.51. The fourth-order valence-corrected chi connectivity index (χ4v) is 2.51. The third-order valence-electron chi connectivity index (χ3n) is 3.96. The summed E-state index contributed by atoms with van der Waals surface area (Å²) in [7, 11) is 0. The van der Waals surface area contributed by atoms with Gasteiger partial charge in [-0.05, 0) is 12.8 Å². The number of nitrogens with zero attached hydrogens (tertiary/aromatic N) is 1. The van der Waals surface area contributed by atoms with Gasteiger partial charge in [0.05, 0.1) is 19.1 Å². The Bertz CT molecular complexity index is 717. The van der Waals surface area contributed by atoms with E-state index in [1.165, 1.54) is 0 Å². The van der Waals surface area contributed by atoms with Crippen molar-refractivity contribution in [1.82, 2.24) is 16.0 Å². The predicted octanol–water partition coefficient (Wildman–Crippen LogP) is -5.30. The molecule has 0 aromatic heterocycles. The van der Waals surface area contributed by atoms with Crippen molar-refractivity contribution in [3.8, 4) is 0 Å². The highest BCUT2D eigenvalue weighted by Gasteiger charge is 2.30. The predicted molar refractivity (Wildman–Crippen MR) is 116 cm³/mol. The van der Waals surface area contributed by atoms with Crippen LogP contribution in [0.2, 0.25) is 0 Å². The quantitative estimate of drug-likeness (QED) is 0.0461. The van der Waals surface area contributed by atoms with E-state index in [2.05, 4.69) is 33.6 Å². The molecule has 0 aliphatic carbocycles. The van der Waals surface area contributed by atoms with Gasteiger partial charge in [-0.2, -0.15) is 12.6 Å². The van der Waals surface area contributed by atoms with E-state index in [4.69, 9.17) is 28.0 Å². The molecule has 0 saturated carbocycles. The highest BCUT2D eigenvalue weighted by molar-refractivity contribution is 7.80. The van der Waals surface area contributed by atoms with Gasteiger partial charge in [0.15, 0.2) is 5.96 Å². The number of guanidine groups is 1. The van der Waals surface area contributed by atoms with Crippen LogP contribution in [0.3, 0.4) is 0 Å². The number of hydrogen-bond donors (Lipinski definition) is 10. The molecule has 0 spiro atoms. The highest BCUT2D eigenvalue weighted by Crippen LogP contribution is 2.00. The lowest BCUT2D eigenvalue weighted by atomic mass is 10.1. The SMILES string of the molecule is NC(=O)CC(NC(=O)C(CO)NC(=O)C(N)CCCN=C(N)N)C(=O)NC(CS)C(=O)O. The van der Waals surface area contributed by atoms with Crippen LogP contribution < -0.4 is 38.9 Å². The van der Waals surface area contributed by atoms with Gasteiger partial charge >= 0.3 is 5.97 Å². The van der Waals surface area contributed by atoms with E-state index in [0.717, 1.165) is 0 Å². The monoisotopic (exact) mass is 478 g/mol. The standard InChI is InChI=1S/C16H30N8O7S/c17-7(2-1-3-21-16(19)20)12(27)23-9(5-25)14(29)22-8(4-11(18)26)13(28)24-10(6-32)15(30)31/h7-10,25,32H,1-6,17H2,(H2,18,26)(H,22,29)(H,23,27)(H,24,28)(H,30,31)(H4,19,20,21). The van der Waals surface area contributed by atoms with Crippen LogP contribution in [0.1, 0.15) is 19.3 Å². The van der Waals surface area contributed by atoms with Crippen molar-refractivity contribution in [2.75, 3.05) is 18.9 Å². The average Bonchev–Trinajstić information content (AvgIpc) is 2.71. The summed E-state index contributed by atoms with van der Waals surface area (Å²) < 4.78 is 0. The number of hydrogen-bond acceptors (Lipinski definition) is 9. The van der Waals surface area contributed by atoms with Gasteiger partial charge in [0.1, 0.15) is 18.1 Å². The molecular formula is C16H30N8O7S. The topological polar surface area (TPSA) is 278 Å². The minimum atomic E-state index is -1.55. The van der Waals surface area contributed by atoms with Gasteiger partial charge in [0, 0.05) is 12.3 Å². The maximum Gasteiger partial charge on any atom is 0.327 e. The summed E-state index contributed by atoms with van der Waals surface area (Å²) >= 11 is 3.80. The Morgan fingerprint density at radius 1 is 0.906 bits per heavy atom. The lowest BCUT2D eigenvalue weighted by molar-refractivity contribution is -0.141. The van der Waals surface area contributed by atoms with Gasteiger partial charge in [0.25, 0.3) is 0 Å². The lowest BCUT2D eigenvalue weighted by Gasteiger charge is -2.23. The van der Waals surface area contributed by atoms with Gasteiger partial charge < -0.3 is 49.1 Å². The van der Waals surface area contributed by atoms with Crippen LogP contribution in [-0.2, 0) is 24.0 Å². The molecule has 4 unspecified atom stereocenters. The van der Waals surface area contributed by atoms with Gasteiger partial charge in [-0.15, -0.1) is 0 Å². The zero-order chi connectivity index (χ0) is 24.8. The number of rotatable bonds is 15. The van der Waals surface area contributed by atoms with Crippen LogP contribution >= 0.6 is 12.6 Å². The maximum absolute atomic E-state index is 12.4. The number of aliphatic hydroxyl groups is 1. The van der Waals surface area contributed by atoms with Crippen molar-refractivity contribution in [3.05, 3.63) is 0 Å². The van der Waals surface area contributed by atoms with E-state index in [0.29, 0.717) is 6.42 Å². The molecule has 4 atom stereocenters. The summed E-state index contributed by atoms with van der Waals surface area (Å²) in [6.07, 6.45) is -0.110. The smallest absolute Gasteiger partial charge is 0.327 e. The minimum absolute atomic E-state index is 0.112. The Kier molecular flexibility index (Phi) is 13.4.